The molecule has 1 heterocycles. The van der Waals surface area contributed by atoms with Gasteiger partial charge in [0.15, 0.2) is 5.75 Å². The van der Waals surface area contributed by atoms with Crippen molar-refractivity contribution in [1.82, 2.24) is 4.57 Å². The summed E-state index contributed by atoms with van der Waals surface area (Å²) in [6.45, 7) is 2.89. The first-order valence-electron chi connectivity index (χ1n) is 9.62. The topological polar surface area (TPSA) is 60.7 Å². The van der Waals surface area contributed by atoms with E-state index in [-0.39, 0.29) is 17.1 Å². The molecular weight excluding hydrogens is 330 g/mol. The highest BCUT2D eigenvalue weighted by Gasteiger charge is 2.15. The molecule has 0 aliphatic heterocycles. The van der Waals surface area contributed by atoms with Gasteiger partial charge in [0.1, 0.15) is 5.75 Å². The van der Waals surface area contributed by atoms with Crippen molar-refractivity contribution in [2.24, 2.45) is 7.05 Å². The molecule has 5 nitrogen and oxygen atoms in total. The second-order valence-corrected chi connectivity index (χ2v) is 6.75. The zero-order chi connectivity index (χ0) is 18.9. The van der Waals surface area contributed by atoms with Gasteiger partial charge in [-0.25, -0.2) is 0 Å². The fourth-order valence-electron chi connectivity index (χ4n) is 3.18. The Labute approximate surface area is 155 Å². The van der Waals surface area contributed by atoms with Crippen LogP contribution in [0, 0.1) is 0 Å². The van der Waals surface area contributed by atoms with Crippen LogP contribution < -0.4 is 15.0 Å². The summed E-state index contributed by atoms with van der Waals surface area (Å²) in [6.07, 6.45) is 10.1. The van der Waals surface area contributed by atoms with Crippen molar-refractivity contribution in [3.63, 3.8) is 0 Å². The fraction of sp³-hybridized carbons (Fsp3) is 0.571. The molecule has 0 aliphatic rings. The van der Waals surface area contributed by atoms with Crippen LogP contribution in [0.4, 0.5) is 0 Å². The smallest absolute Gasteiger partial charge is 0.297 e. The number of hydrogen-bond donors (Lipinski definition) is 1. The van der Waals surface area contributed by atoms with Gasteiger partial charge in [0, 0.05) is 12.4 Å². The number of aromatic hydroxyl groups is 1. The zero-order valence-electron chi connectivity index (χ0n) is 16.2. The number of unbranched alkanes of at least 4 members (excludes halogenated alkanes) is 7. The van der Waals surface area contributed by atoms with Crippen LogP contribution in [0.3, 0.4) is 0 Å². The lowest BCUT2D eigenvalue weighted by molar-refractivity contribution is 0.304. The van der Waals surface area contributed by atoms with Gasteiger partial charge in [-0.3, -0.25) is 4.79 Å². The van der Waals surface area contributed by atoms with Crippen LogP contribution in [0.25, 0.3) is 10.9 Å². The lowest BCUT2D eigenvalue weighted by atomic mass is 10.1. The summed E-state index contributed by atoms with van der Waals surface area (Å²) in [7, 11) is 3.04. The molecule has 1 aromatic carbocycles. The molecule has 5 heteroatoms. The molecule has 0 bridgehead atoms. The maximum atomic E-state index is 12.1. The Morgan fingerprint density at radius 2 is 1.69 bits per heavy atom. The average molecular weight is 361 g/mol. The Hall–Kier alpha value is -2.17. The molecular formula is C21H31NO4. The summed E-state index contributed by atoms with van der Waals surface area (Å²) in [6, 6.07) is 5.38. The summed E-state index contributed by atoms with van der Waals surface area (Å²) < 4.78 is 12.3. The van der Waals surface area contributed by atoms with Gasteiger partial charge in [-0.05, 0) is 24.6 Å². The summed E-state index contributed by atoms with van der Waals surface area (Å²) in [5, 5.41) is 10.9. The molecule has 0 atom stereocenters. The molecule has 0 aliphatic carbocycles. The minimum atomic E-state index is -0.356. The lowest BCUT2D eigenvalue weighted by Crippen LogP contribution is -2.18. The van der Waals surface area contributed by atoms with Crippen LogP contribution in [0.2, 0.25) is 0 Å². The van der Waals surface area contributed by atoms with Gasteiger partial charge >= 0.3 is 0 Å². The molecule has 0 radical (unpaired) electrons. The van der Waals surface area contributed by atoms with Crippen molar-refractivity contribution >= 4 is 10.9 Å². The van der Waals surface area contributed by atoms with Crippen molar-refractivity contribution in [2.75, 3.05) is 13.7 Å². The number of aryl methyl sites for hydroxylation is 1. The van der Waals surface area contributed by atoms with E-state index in [0.29, 0.717) is 23.3 Å². The first-order valence-corrected chi connectivity index (χ1v) is 9.62. The predicted octanol–water partition coefficient (Wildman–Crippen LogP) is 4.77. The Kier molecular flexibility index (Phi) is 7.82. The number of aromatic nitrogens is 1. The van der Waals surface area contributed by atoms with Gasteiger partial charge in [-0.2, -0.15) is 0 Å². The fourth-order valence-corrected chi connectivity index (χ4v) is 3.18. The average Bonchev–Trinajstić information content (AvgIpc) is 2.65. The molecule has 144 valence electrons. The highest BCUT2D eigenvalue weighted by molar-refractivity contribution is 5.88. The van der Waals surface area contributed by atoms with Crippen LogP contribution in [0.1, 0.15) is 58.3 Å². The van der Waals surface area contributed by atoms with Crippen LogP contribution in [-0.2, 0) is 7.05 Å². The van der Waals surface area contributed by atoms with E-state index in [1.165, 1.54) is 56.6 Å². The molecule has 0 fully saturated rings. The maximum absolute atomic E-state index is 12.1. The number of fused-ring (bicyclic) bond motifs is 1. The highest BCUT2D eigenvalue weighted by atomic mass is 16.5. The van der Waals surface area contributed by atoms with Crippen molar-refractivity contribution in [1.29, 1.82) is 0 Å². The van der Waals surface area contributed by atoms with Crippen molar-refractivity contribution in [3.05, 3.63) is 28.6 Å². The van der Waals surface area contributed by atoms with E-state index in [1.54, 1.807) is 19.2 Å². The Balaban J connectivity index is 1.90. The largest absolute Gasteiger partial charge is 0.504 e. The number of pyridine rings is 1. The number of methoxy groups -OCH3 is 1. The van der Waals surface area contributed by atoms with Gasteiger partial charge in [0.05, 0.1) is 19.2 Å². The Morgan fingerprint density at radius 1 is 1.04 bits per heavy atom. The van der Waals surface area contributed by atoms with Gasteiger partial charge < -0.3 is 19.1 Å². The van der Waals surface area contributed by atoms with E-state index < -0.39 is 0 Å². The van der Waals surface area contributed by atoms with Crippen LogP contribution in [0.15, 0.2) is 23.0 Å². The summed E-state index contributed by atoms with van der Waals surface area (Å²) in [5.74, 6) is 0.514. The highest BCUT2D eigenvalue weighted by Crippen LogP contribution is 2.33. The molecule has 0 saturated heterocycles. The van der Waals surface area contributed by atoms with E-state index in [2.05, 4.69) is 6.92 Å². The third-order valence-electron chi connectivity index (χ3n) is 4.77. The minimum Gasteiger partial charge on any atom is -0.504 e. The SMILES string of the molecule is CCCCCCCCCCOc1ccc2c(c1)c(O)c(OC)c(=O)n2C. The number of ether oxygens (including phenoxy) is 2. The second kappa shape index (κ2) is 10.1. The molecule has 2 rings (SSSR count). The third-order valence-corrected chi connectivity index (χ3v) is 4.77. The van der Waals surface area contributed by atoms with Crippen molar-refractivity contribution in [3.8, 4) is 17.2 Å². The number of hydrogen-bond acceptors (Lipinski definition) is 4. The zero-order valence-corrected chi connectivity index (χ0v) is 16.2. The summed E-state index contributed by atoms with van der Waals surface area (Å²) in [5.41, 5.74) is 0.290. The Bertz CT molecular complexity index is 767. The molecule has 0 amide bonds. The van der Waals surface area contributed by atoms with E-state index in [4.69, 9.17) is 9.47 Å². The normalized spacial score (nSPS) is 11.0. The van der Waals surface area contributed by atoms with E-state index in [9.17, 15) is 9.90 Å². The van der Waals surface area contributed by atoms with E-state index in [0.717, 1.165) is 6.42 Å². The monoisotopic (exact) mass is 361 g/mol. The lowest BCUT2D eigenvalue weighted by Gasteiger charge is -2.12. The maximum Gasteiger partial charge on any atom is 0.297 e. The van der Waals surface area contributed by atoms with Crippen molar-refractivity contribution < 1.29 is 14.6 Å². The molecule has 0 spiro atoms. The van der Waals surface area contributed by atoms with Gasteiger partial charge in [-0.15, -0.1) is 0 Å². The molecule has 0 saturated carbocycles. The van der Waals surface area contributed by atoms with E-state index in [1.807, 2.05) is 6.07 Å². The van der Waals surface area contributed by atoms with Gasteiger partial charge in [0.2, 0.25) is 5.75 Å². The minimum absolute atomic E-state index is 0.0415. The molecule has 1 aromatic heterocycles. The molecule has 1 N–H and O–H groups in total. The quantitative estimate of drug-likeness (QED) is 0.586. The first kappa shape index (κ1) is 20.1. The molecule has 2 aromatic rings. The van der Waals surface area contributed by atoms with Gasteiger partial charge in [0.25, 0.3) is 5.56 Å². The molecule has 26 heavy (non-hydrogen) atoms. The Morgan fingerprint density at radius 3 is 2.35 bits per heavy atom. The third kappa shape index (κ3) is 4.93. The van der Waals surface area contributed by atoms with Crippen molar-refractivity contribution in [2.45, 2.75) is 58.3 Å². The molecule has 0 unspecified atom stereocenters. The number of nitrogens with zero attached hydrogens (tertiary/aromatic N) is 1. The van der Waals surface area contributed by atoms with E-state index >= 15 is 0 Å². The summed E-state index contributed by atoms with van der Waals surface area (Å²) in [4.78, 5) is 12.1. The standard InChI is InChI=1S/C21H31NO4/c1-4-5-6-7-8-9-10-11-14-26-16-12-13-18-17(15-16)19(23)20(25-3)21(24)22(18)2/h12-13,15,23H,4-11,14H2,1-3H3. The summed E-state index contributed by atoms with van der Waals surface area (Å²) >= 11 is 0. The number of rotatable bonds is 11. The van der Waals surface area contributed by atoms with Gasteiger partial charge in [-0.1, -0.05) is 51.9 Å². The van der Waals surface area contributed by atoms with Crippen LogP contribution >= 0.6 is 0 Å². The predicted molar refractivity (Wildman–Crippen MR) is 106 cm³/mol. The number of benzene rings is 1. The van der Waals surface area contributed by atoms with Crippen LogP contribution in [-0.4, -0.2) is 23.4 Å². The van der Waals surface area contributed by atoms with Crippen LogP contribution in [0.5, 0.6) is 17.2 Å². The first-order chi connectivity index (χ1) is 12.6. The second-order valence-electron chi connectivity index (χ2n) is 6.75.